The first-order valence-corrected chi connectivity index (χ1v) is 9.69. The highest BCUT2D eigenvalue weighted by Gasteiger charge is 2.24. The summed E-state index contributed by atoms with van der Waals surface area (Å²) in [7, 11) is 0. The summed E-state index contributed by atoms with van der Waals surface area (Å²) in [6.45, 7) is 0. The number of nitrogens with two attached hydrogens (primary N) is 1. The van der Waals surface area contributed by atoms with Crippen molar-refractivity contribution in [1.29, 1.82) is 0 Å². The molecule has 2 aromatic heterocycles. The Hall–Kier alpha value is -2.83. The monoisotopic (exact) mass is 410 g/mol. The maximum absolute atomic E-state index is 6.48. The van der Waals surface area contributed by atoms with Gasteiger partial charge in [-0.2, -0.15) is 4.98 Å². The van der Waals surface area contributed by atoms with E-state index in [4.69, 9.17) is 33.9 Å². The van der Waals surface area contributed by atoms with Gasteiger partial charge in [0.1, 0.15) is 5.82 Å². The van der Waals surface area contributed by atoms with Crippen LogP contribution >= 0.6 is 23.2 Å². The Labute approximate surface area is 171 Å². The van der Waals surface area contributed by atoms with Gasteiger partial charge in [0, 0.05) is 21.7 Å². The lowest BCUT2D eigenvalue weighted by Gasteiger charge is -2.08. The molecule has 5 rings (SSSR count). The highest BCUT2D eigenvalue weighted by molar-refractivity contribution is 6.30. The fourth-order valence-electron chi connectivity index (χ4n) is 3.08. The van der Waals surface area contributed by atoms with Crippen LogP contribution in [0.25, 0.3) is 28.0 Å². The Morgan fingerprint density at radius 1 is 0.929 bits per heavy atom. The van der Waals surface area contributed by atoms with Crippen LogP contribution in [0, 0.1) is 0 Å². The van der Waals surface area contributed by atoms with Gasteiger partial charge in [0.15, 0.2) is 5.65 Å². The third-order valence-corrected chi connectivity index (χ3v) is 5.17. The van der Waals surface area contributed by atoms with Gasteiger partial charge in [-0.1, -0.05) is 35.3 Å². The second kappa shape index (κ2) is 6.65. The number of rotatable bonds is 4. The largest absolute Gasteiger partial charge is 0.383 e. The molecule has 1 aliphatic carbocycles. The summed E-state index contributed by atoms with van der Waals surface area (Å²) in [4.78, 5) is 9.34. The highest BCUT2D eigenvalue weighted by Crippen LogP contribution is 2.34. The average molecular weight is 411 g/mol. The van der Waals surface area contributed by atoms with Crippen molar-refractivity contribution in [3.05, 3.63) is 58.6 Å². The van der Waals surface area contributed by atoms with Crippen molar-refractivity contribution < 1.29 is 0 Å². The topological polar surface area (TPSA) is 81.7 Å². The maximum atomic E-state index is 6.48. The van der Waals surface area contributed by atoms with E-state index in [1.54, 1.807) is 16.8 Å². The lowest BCUT2D eigenvalue weighted by molar-refractivity contribution is 0.899. The highest BCUT2D eigenvalue weighted by atomic mass is 35.5. The molecule has 0 saturated heterocycles. The average Bonchev–Trinajstić information content (AvgIpc) is 3.44. The lowest BCUT2D eigenvalue weighted by Crippen LogP contribution is -2.06. The molecule has 1 saturated carbocycles. The first kappa shape index (κ1) is 17.3. The van der Waals surface area contributed by atoms with E-state index in [9.17, 15) is 0 Å². The van der Waals surface area contributed by atoms with E-state index >= 15 is 0 Å². The number of nitrogens with zero attached hydrogens (tertiary/aromatic N) is 4. The van der Waals surface area contributed by atoms with E-state index in [2.05, 4.69) is 15.4 Å². The van der Waals surface area contributed by atoms with Crippen molar-refractivity contribution in [2.75, 3.05) is 11.1 Å². The van der Waals surface area contributed by atoms with Crippen LogP contribution in [0.5, 0.6) is 0 Å². The van der Waals surface area contributed by atoms with Gasteiger partial charge in [0.25, 0.3) is 0 Å². The van der Waals surface area contributed by atoms with Gasteiger partial charge in [-0.05, 0) is 49.2 Å². The Morgan fingerprint density at radius 3 is 2.21 bits per heavy atom. The van der Waals surface area contributed by atoms with Gasteiger partial charge < -0.3 is 11.1 Å². The number of nitrogen functional groups attached to an aromatic ring is 1. The summed E-state index contributed by atoms with van der Waals surface area (Å²) in [5.74, 6) is 1.03. The van der Waals surface area contributed by atoms with Crippen molar-refractivity contribution in [3.63, 3.8) is 0 Å². The summed E-state index contributed by atoms with van der Waals surface area (Å²) in [6.07, 6.45) is 2.25. The smallest absolute Gasteiger partial charge is 0.225 e. The van der Waals surface area contributed by atoms with Crippen molar-refractivity contribution in [2.45, 2.75) is 18.9 Å². The predicted molar refractivity (Wildman–Crippen MR) is 113 cm³/mol. The summed E-state index contributed by atoms with van der Waals surface area (Å²) < 4.78 is 1.66. The van der Waals surface area contributed by atoms with E-state index < -0.39 is 0 Å². The van der Waals surface area contributed by atoms with E-state index in [0.29, 0.717) is 38.9 Å². The molecule has 6 nitrogen and oxygen atoms in total. The van der Waals surface area contributed by atoms with Crippen molar-refractivity contribution in [2.24, 2.45) is 0 Å². The summed E-state index contributed by atoms with van der Waals surface area (Å²) >= 11 is 12.1. The molecule has 28 heavy (non-hydrogen) atoms. The molecule has 4 aromatic rings. The number of hydrogen-bond acceptors (Lipinski definition) is 5. The second-order valence-electron chi connectivity index (χ2n) is 6.79. The molecule has 8 heteroatoms. The number of anilines is 2. The number of hydrogen-bond donors (Lipinski definition) is 2. The van der Waals surface area contributed by atoms with Crippen LogP contribution in [-0.2, 0) is 0 Å². The third-order valence-electron chi connectivity index (χ3n) is 4.67. The fourth-order valence-corrected chi connectivity index (χ4v) is 3.33. The summed E-state index contributed by atoms with van der Waals surface area (Å²) in [5.41, 5.74) is 9.45. The number of halogens is 2. The van der Waals surface area contributed by atoms with Crippen LogP contribution in [0.3, 0.4) is 0 Å². The van der Waals surface area contributed by atoms with Crippen LogP contribution < -0.4 is 11.1 Å². The minimum Gasteiger partial charge on any atom is -0.383 e. The van der Waals surface area contributed by atoms with Gasteiger partial charge in [-0.3, -0.25) is 0 Å². The van der Waals surface area contributed by atoms with E-state index in [-0.39, 0.29) is 0 Å². The Balaban J connectivity index is 1.73. The molecule has 3 N–H and O–H groups in total. The Kier molecular flexibility index (Phi) is 4.10. The molecule has 0 aliphatic heterocycles. The van der Waals surface area contributed by atoms with Crippen LogP contribution in [0.2, 0.25) is 10.0 Å². The maximum Gasteiger partial charge on any atom is 0.225 e. The number of nitrogens with one attached hydrogen (secondary N) is 1. The van der Waals surface area contributed by atoms with E-state index in [0.717, 1.165) is 29.8 Å². The minimum absolute atomic E-state index is 0.422. The molecule has 0 atom stereocenters. The zero-order valence-corrected chi connectivity index (χ0v) is 16.2. The van der Waals surface area contributed by atoms with Gasteiger partial charge in [0.05, 0.1) is 16.8 Å². The number of fused-ring (bicyclic) bond motifs is 1. The van der Waals surface area contributed by atoms with E-state index in [1.807, 2.05) is 36.4 Å². The fraction of sp³-hybridized carbons (Fsp3) is 0.150. The third kappa shape index (κ3) is 3.15. The molecule has 140 valence electrons. The molecular weight excluding hydrogens is 395 g/mol. The molecule has 0 amide bonds. The van der Waals surface area contributed by atoms with Gasteiger partial charge in [-0.25, -0.2) is 9.67 Å². The van der Waals surface area contributed by atoms with Gasteiger partial charge in [-0.15, -0.1) is 5.10 Å². The zero-order chi connectivity index (χ0) is 19.3. The first-order valence-electron chi connectivity index (χ1n) is 8.93. The van der Waals surface area contributed by atoms with Gasteiger partial charge >= 0.3 is 0 Å². The molecule has 2 aromatic carbocycles. The van der Waals surface area contributed by atoms with Gasteiger partial charge in [0.2, 0.25) is 5.95 Å². The standard InChI is InChI=1S/C20H16Cl2N6/c21-12-3-1-11(2-4-12)17-16-18(23)28(15-9-5-13(22)6-10-15)27-19(16)26-20(25-17)24-14-7-8-14/h1-6,9-10,14H,7-8,23H2,(H,24,26,27). The second-order valence-corrected chi connectivity index (χ2v) is 7.67. The summed E-state index contributed by atoms with van der Waals surface area (Å²) in [5, 5.41) is 10.0. The number of benzene rings is 2. The number of aromatic nitrogens is 4. The van der Waals surface area contributed by atoms with Crippen LogP contribution in [0.15, 0.2) is 48.5 Å². The van der Waals surface area contributed by atoms with Crippen LogP contribution in [-0.4, -0.2) is 25.8 Å². The van der Waals surface area contributed by atoms with Crippen molar-refractivity contribution in [3.8, 4) is 16.9 Å². The Bertz CT molecular complexity index is 1160. The quantitative estimate of drug-likeness (QED) is 0.497. The molecule has 1 fully saturated rings. The summed E-state index contributed by atoms with van der Waals surface area (Å²) in [6, 6.07) is 15.3. The molecular formula is C20H16Cl2N6. The van der Waals surface area contributed by atoms with Crippen LogP contribution in [0.1, 0.15) is 12.8 Å². The van der Waals surface area contributed by atoms with Crippen LogP contribution in [0.4, 0.5) is 11.8 Å². The lowest BCUT2D eigenvalue weighted by atomic mass is 10.1. The van der Waals surface area contributed by atoms with Crippen molar-refractivity contribution in [1.82, 2.24) is 19.7 Å². The SMILES string of the molecule is Nc1c2c(-c3ccc(Cl)cc3)nc(NC3CC3)nc2nn1-c1ccc(Cl)cc1. The molecule has 0 radical (unpaired) electrons. The predicted octanol–water partition coefficient (Wildman–Crippen LogP) is 4.95. The molecule has 0 bridgehead atoms. The molecule has 1 aliphatic rings. The molecule has 2 heterocycles. The normalized spacial score (nSPS) is 13.8. The van der Waals surface area contributed by atoms with Crippen molar-refractivity contribution >= 4 is 46.0 Å². The minimum atomic E-state index is 0.422. The van der Waals surface area contributed by atoms with E-state index in [1.165, 1.54) is 0 Å². The first-order chi connectivity index (χ1) is 13.6. The Morgan fingerprint density at radius 2 is 1.57 bits per heavy atom. The molecule has 0 unspecified atom stereocenters. The zero-order valence-electron chi connectivity index (χ0n) is 14.7. The molecule has 0 spiro atoms.